The SMILES string of the molecule is O=C(Nc1ccc(F)cc1)C1NNC2CCC(c3nnc4n3CCNC4)CC21. The van der Waals surface area contributed by atoms with Crippen LogP contribution in [-0.2, 0) is 17.9 Å². The van der Waals surface area contributed by atoms with Crippen LogP contribution in [0, 0.1) is 11.7 Å². The number of halogens is 1. The van der Waals surface area contributed by atoms with E-state index in [-0.39, 0.29) is 29.7 Å². The number of anilines is 1. The summed E-state index contributed by atoms with van der Waals surface area (Å²) in [7, 11) is 0. The van der Waals surface area contributed by atoms with Gasteiger partial charge in [-0.2, -0.15) is 0 Å². The second-order valence-electron chi connectivity index (χ2n) is 7.85. The number of amides is 1. The number of carbonyl (C=O) groups excluding carboxylic acids is 1. The van der Waals surface area contributed by atoms with Gasteiger partial charge in [-0.1, -0.05) is 0 Å². The predicted molar refractivity (Wildman–Crippen MR) is 101 cm³/mol. The second-order valence-corrected chi connectivity index (χ2v) is 7.85. The molecule has 4 unspecified atom stereocenters. The number of aromatic nitrogens is 3. The summed E-state index contributed by atoms with van der Waals surface area (Å²) in [6.07, 6.45) is 2.91. The molecule has 4 N–H and O–H groups in total. The summed E-state index contributed by atoms with van der Waals surface area (Å²) >= 11 is 0. The molecule has 1 aromatic carbocycles. The maximum atomic E-state index is 13.1. The Kier molecular flexibility index (Phi) is 4.58. The molecule has 2 aromatic rings. The van der Waals surface area contributed by atoms with Crippen molar-refractivity contribution in [2.24, 2.45) is 5.92 Å². The van der Waals surface area contributed by atoms with E-state index >= 15 is 0 Å². The minimum Gasteiger partial charge on any atom is -0.325 e. The normalized spacial score (nSPS) is 29.2. The summed E-state index contributed by atoms with van der Waals surface area (Å²) < 4.78 is 15.3. The van der Waals surface area contributed by atoms with Crippen molar-refractivity contribution in [2.75, 3.05) is 11.9 Å². The number of nitrogens with zero attached hydrogens (tertiary/aromatic N) is 3. The highest BCUT2D eigenvalue weighted by molar-refractivity contribution is 5.95. The largest absolute Gasteiger partial charge is 0.325 e. The Labute approximate surface area is 162 Å². The predicted octanol–water partition coefficient (Wildman–Crippen LogP) is 0.888. The summed E-state index contributed by atoms with van der Waals surface area (Å²) in [5, 5.41) is 15.0. The molecule has 1 saturated carbocycles. The molecule has 0 bridgehead atoms. The Morgan fingerprint density at radius 3 is 2.89 bits per heavy atom. The van der Waals surface area contributed by atoms with E-state index in [9.17, 15) is 9.18 Å². The van der Waals surface area contributed by atoms with E-state index in [0.29, 0.717) is 11.6 Å². The molecule has 1 aromatic heterocycles. The molecule has 28 heavy (non-hydrogen) atoms. The van der Waals surface area contributed by atoms with E-state index in [4.69, 9.17) is 0 Å². The van der Waals surface area contributed by atoms with Crippen LogP contribution >= 0.6 is 0 Å². The quantitative estimate of drug-likeness (QED) is 0.627. The maximum absolute atomic E-state index is 13.1. The van der Waals surface area contributed by atoms with Crippen molar-refractivity contribution in [1.29, 1.82) is 0 Å². The molecule has 1 amide bonds. The molecule has 3 aliphatic rings. The summed E-state index contributed by atoms with van der Waals surface area (Å²) in [6, 6.07) is 5.78. The minimum atomic E-state index is -0.330. The van der Waals surface area contributed by atoms with E-state index in [1.54, 1.807) is 12.1 Å². The average molecular weight is 385 g/mol. The van der Waals surface area contributed by atoms with E-state index in [2.05, 4.69) is 36.2 Å². The molecular formula is C19H24FN7O. The fourth-order valence-electron chi connectivity index (χ4n) is 4.72. The second kappa shape index (κ2) is 7.23. The first-order valence-corrected chi connectivity index (χ1v) is 9.89. The number of hydrazine groups is 1. The molecule has 1 saturated heterocycles. The van der Waals surface area contributed by atoms with Gasteiger partial charge in [0.2, 0.25) is 5.91 Å². The van der Waals surface area contributed by atoms with Crippen LogP contribution in [-0.4, -0.2) is 39.3 Å². The van der Waals surface area contributed by atoms with Gasteiger partial charge in [0.1, 0.15) is 23.5 Å². The number of rotatable bonds is 3. The van der Waals surface area contributed by atoms with Crippen LogP contribution in [0.1, 0.15) is 36.8 Å². The molecule has 0 spiro atoms. The zero-order chi connectivity index (χ0) is 19.1. The van der Waals surface area contributed by atoms with Gasteiger partial charge in [-0.25, -0.2) is 9.82 Å². The van der Waals surface area contributed by atoms with Crippen molar-refractivity contribution in [1.82, 2.24) is 30.9 Å². The monoisotopic (exact) mass is 385 g/mol. The lowest BCUT2D eigenvalue weighted by atomic mass is 9.75. The smallest absolute Gasteiger partial charge is 0.243 e. The van der Waals surface area contributed by atoms with E-state index in [0.717, 1.165) is 50.5 Å². The van der Waals surface area contributed by atoms with Crippen molar-refractivity contribution in [3.63, 3.8) is 0 Å². The van der Waals surface area contributed by atoms with Crippen molar-refractivity contribution in [3.05, 3.63) is 41.7 Å². The molecule has 8 nitrogen and oxygen atoms in total. The fourth-order valence-corrected chi connectivity index (χ4v) is 4.72. The highest BCUT2D eigenvalue weighted by atomic mass is 19.1. The molecule has 148 valence electrons. The van der Waals surface area contributed by atoms with Crippen LogP contribution in [0.25, 0.3) is 0 Å². The summed E-state index contributed by atoms with van der Waals surface area (Å²) in [6.45, 7) is 2.59. The number of hydrogen-bond acceptors (Lipinski definition) is 6. The highest BCUT2D eigenvalue weighted by Crippen LogP contribution is 2.39. The van der Waals surface area contributed by atoms with Gasteiger partial charge < -0.3 is 15.2 Å². The summed E-state index contributed by atoms with van der Waals surface area (Å²) in [5.41, 5.74) is 7.06. The van der Waals surface area contributed by atoms with Crippen LogP contribution in [0.3, 0.4) is 0 Å². The van der Waals surface area contributed by atoms with Gasteiger partial charge in [0.05, 0.1) is 6.54 Å². The Morgan fingerprint density at radius 2 is 2.04 bits per heavy atom. The molecule has 2 fully saturated rings. The third kappa shape index (κ3) is 3.19. The lowest BCUT2D eigenvalue weighted by Gasteiger charge is -2.32. The topological polar surface area (TPSA) is 95.9 Å². The first kappa shape index (κ1) is 17.7. The number of fused-ring (bicyclic) bond motifs is 2. The molecule has 4 atom stereocenters. The molecule has 9 heteroatoms. The minimum absolute atomic E-state index is 0.0975. The molecule has 3 heterocycles. The molecule has 0 radical (unpaired) electrons. The number of nitrogens with one attached hydrogen (secondary N) is 4. The van der Waals surface area contributed by atoms with Crippen LogP contribution in [0.4, 0.5) is 10.1 Å². The molecular weight excluding hydrogens is 361 g/mol. The summed E-state index contributed by atoms with van der Waals surface area (Å²) in [4.78, 5) is 12.8. The van der Waals surface area contributed by atoms with Gasteiger partial charge in [-0.05, 0) is 43.5 Å². The maximum Gasteiger partial charge on any atom is 0.243 e. The van der Waals surface area contributed by atoms with Crippen molar-refractivity contribution >= 4 is 11.6 Å². The molecule has 2 aliphatic heterocycles. The average Bonchev–Trinajstić information content (AvgIpc) is 3.33. The summed E-state index contributed by atoms with van der Waals surface area (Å²) in [5.74, 6) is 2.12. The Hall–Kier alpha value is -2.36. The van der Waals surface area contributed by atoms with Crippen LogP contribution in [0.2, 0.25) is 0 Å². The zero-order valence-electron chi connectivity index (χ0n) is 15.5. The lowest BCUT2D eigenvalue weighted by Crippen LogP contribution is -2.42. The van der Waals surface area contributed by atoms with Crippen molar-refractivity contribution < 1.29 is 9.18 Å². The standard InChI is InChI=1S/C19H24FN7O/c20-12-2-4-13(5-3-12)22-19(28)17-14-9-11(1-6-15(14)23-25-17)18-26-24-16-10-21-7-8-27(16)18/h2-5,11,14-15,17,21,23,25H,1,6-10H2,(H,22,28). The number of benzene rings is 1. The first-order chi connectivity index (χ1) is 13.7. The van der Waals surface area contributed by atoms with Crippen LogP contribution in [0.15, 0.2) is 24.3 Å². The van der Waals surface area contributed by atoms with Crippen molar-refractivity contribution in [2.45, 2.75) is 50.4 Å². The lowest BCUT2D eigenvalue weighted by molar-refractivity contribution is -0.119. The van der Waals surface area contributed by atoms with Gasteiger partial charge in [-0.15, -0.1) is 10.2 Å². The number of hydrogen-bond donors (Lipinski definition) is 4. The van der Waals surface area contributed by atoms with E-state index < -0.39 is 0 Å². The van der Waals surface area contributed by atoms with Crippen LogP contribution < -0.4 is 21.5 Å². The van der Waals surface area contributed by atoms with E-state index in [1.165, 1.54) is 12.1 Å². The third-order valence-corrected chi connectivity index (χ3v) is 6.16. The Morgan fingerprint density at radius 1 is 1.18 bits per heavy atom. The van der Waals surface area contributed by atoms with E-state index in [1.807, 2.05) is 0 Å². The fraction of sp³-hybridized carbons (Fsp3) is 0.526. The van der Waals surface area contributed by atoms with Gasteiger partial charge in [-0.3, -0.25) is 10.2 Å². The van der Waals surface area contributed by atoms with Gasteiger partial charge in [0.15, 0.2) is 0 Å². The van der Waals surface area contributed by atoms with Crippen LogP contribution in [0.5, 0.6) is 0 Å². The van der Waals surface area contributed by atoms with Crippen molar-refractivity contribution in [3.8, 4) is 0 Å². The third-order valence-electron chi connectivity index (χ3n) is 6.16. The number of carbonyl (C=O) groups is 1. The Bertz CT molecular complexity index is 868. The van der Waals surface area contributed by atoms with Gasteiger partial charge in [0, 0.05) is 36.7 Å². The molecule has 1 aliphatic carbocycles. The first-order valence-electron chi connectivity index (χ1n) is 9.89. The Balaban J connectivity index is 1.30. The van der Waals surface area contributed by atoms with Gasteiger partial charge in [0.25, 0.3) is 0 Å². The molecule has 5 rings (SSSR count). The van der Waals surface area contributed by atoms with Gasteiger partial charge >= 0.3 is 0 Å². The highest BCUT2D eigenvalue weighted by Gasteiger charge is 2.45. The zero-order valence-corrected chi connectivity index (χ0v) is 15.5.